The average Bonchev–Trinajstić information content (AvgIpc) is 2.70. The normalized spacial score (nSPS) is 19.1. The Morgan fingerprint density at radius 2 is 1.41 bits per heavy atom. The van der Waals surface area contributed by atoms with Gasteiger partial charge in [0, 0.05) is 18.4 Å². The van der Waals surface area contributed by atoms with Crippen LogP contribution in [0.25, 0.3) is 0 Å². The molecule has 0 aromatic heterocycles. The molecule has 0 radical (unpaired) electrons. The molecule has 142 valence electrons. The highest BCUT2D eigenvalue weighted by atomic mass is 16.5. The maximum absolute atomic E-state index is 12.5. The topological polar surface area (TPSA) is 87.7 Å². The van der Waals surface area contributed by atoms with Crippen molar-refractivity contribution < 1.29 is 19.4 Å². The highest BCUT2D eigenvalue weighted by Crippen LogP contribution is 2.31. The predicted octanol–water partition coefficient (Wildman–Crippen LogP) is 4.35. The maximum Gasteiger partial charge on any atom is 0.307 e. The summed E-state index contributed by atoms with van der Waals surface area (Å²) in [7, 11) is 1.86. The van der Waals surface area contributed by atoms with Gasteiger partial charge in [-0.15, -0.1) is 0 Å². The highest BCUT2D eigenvalue weighted by Gasteiger charge is 2.35. The molecule has 0 aliphatic heterocycles. The van der Waals surface area contributed by atoms with Crippen molar-refractivity contribution in [1.29, 1.82) is 0 Å². The van der Waals surface area contributed by atoms with Crippen molar-refractivity contribution in [3.05, 3.63) is 48.5 Å². The molecular formula is C21H24N2O4. The van der Waals surface area contributed by atoms with Crippen LogP contribution >= 0.6 is 0 Å². The minimum absolute atomic E-state index is 0.224. The molecule has 6 heteroatoms. The van der Waals surface area contributed by atoms with Crippen LogP contribution in [0.1, 0.15) is 25.7 Å². The van der Waals surface area contributed by atoms with E-state index in [4.69, 9.17) is 4.74 Å². The van der Waals surface area contributed by atoms with Gasteiger partial charge < -0.3 is 20.5 Å². The molecule has 3 N–H and O–H groups in total. The van der Waals surface area contributed by atoms with E-state index < -0.39 is 17.8 Å². The summed E-state index contributed by atoms with van der Waals surface area (Å²) in [6.07, 6.45) is 2.93. The van der Waals surface area contributed by atoms with Crippen LogP contribution < -0.4 is 15.4 Å². The van der Waals surface area contributed by atoms with Gasteiger partial charge in [-0.1, -0.05) is 12.8 Å². The van der Waals surface area contributed by atoms with Gasteiger partial charge in [0.1, 0.15) is 11.5 Å². The summed E-state index contributed by atoms with van der Waals surface area (Å²) >= 11 is 0. The average molecular weight is 368 g/mol. The lowest BCUT2D eigenvalue weighted by molar-refractivity contribution is -0.147. The Balaban J connectivity index is 1.61. The van der Waals surface area contributed by atoms with E-state index in [0.29, 0.717) is 24.3 Å². The first-order valence-electron chi connectivity index (χ1n) is 9.16. The number of carboxylic acids is 1. The van der Waals surface area contributed by atoms with Crippen molar-refractivity contribution in [1.82, 2.24) is 0 Å². The standard InChI is InChI=1S/C21H24N2O4/c1-22-14-6-10-16(11-7-14)27-17-12-8-15(9-13-17)23-20(24)18-4-2-3-5-19(18)21(25)26/h6-13,18-19,22H,2-5H2,1H3,(H,23,24)(H,25,26). The fourth-order valence-corrected chi connectivity index (χ4v) is 3.41. The number of carbonyl (C=O) groups excluding carboxylic acids is 1. The van der Waals surface area contributed by atoms with E-state index in [1.807, 2.05) is 31.3 Å². The summed E-state index contributed by atoms with van der Waals surface area (Å²) in [5, 5.41) is 15.2. The highest BCUT2D eigenvalue weighted by molar-refractivity contribution is 5.95. The fourth-order valence-electron chi connectivity index (χ4n) is 3.41. The lowest BCUT2D eigenvalue weighted by atomic mass is 9.78. The van der Waals surface area contributed by atoms with Gasteiger partial charge in [0.2, 0.25) is 5.91 Å². The number of anilines is 2. The van der Waals surface area contributed by atoms with Crippen LogP contribution in [-0.4, -0.2) is 24.0 Å². The van der Waals surface area contributed by atoms with Crippen molar-refractivity contribution in [3.63, 3.8) is 0 Å². The van der Waals surface area contributed by atoms with E-state index in [1.54, 1.807) is 24.3 Å². The fraction of sp³-hybridized carbons (Fsp3) is 0.333. The quantitative estimate of drug-likeness (QED) is 0.705. The second-order valence-corrected chi connectivity index (χ2v) is 6.73. The minimum Gasteiger partial charge on any atom is -0.481 e. The Morgan fingerprint density at radius 1 is 0.889 bits per heavy atom. The zero-order valence-electron chi connectivity index (χ0n) is 15.3. The van der Waals surface area contributed by atoms with Gasteiger partial charge in [-0.25, -0.2) is 0 Å². The number of aliphatic carboxylic acids is 1. The Morgan fingerprint density at radius 3 is 1.93 bits per heavy atom. The van der Waals surface area contributed by atoms with Crippen LogP contribution in [0.15, 0.2) is 48.5 Å². The van der Waals surface area contributed by atoms with E-state index in [-0.39, 0.29) is 5.91 Å². The first-order chi connectivity index (χ1) is 13.1. The van der Waals surface area contributed by atoms with E-state index in [1.165, 1.54) is 0 Å². The zero-order valence-corrected chi connectivity index (χ0v) is 15.3. The zero-order chi connectivity index (χ0) is 19.2. The van der Waals surface area contributed by atoms with Crippen LogP contribution in [0.4, 0.5) is 11.4 Å². The predicted molar refractivity (Wildman–Crippen MR) is 104 cm³/mol. The minimum atomic E-state index is -0.886. The van der Waals surface area contributed by atoms with Crippen molar-refractivity contribution >= 4 is 23.3 Å². The molecule has 6 nitrogen and oxygen atoms in total. The lowest BCUT2D eigenvalue weighted by Gasteiger charge is -2.27. The number of benzene rings is 2. The van der Waals surface area contributed by atoms with Gasteiger partial charge >= 0.3 is 5.97 Å². The molecule has 1 saturated carbocycles. The van der Waals surface area contributed by atoms with Crippen molar-refractivity contribution in [2.24, 2.45) is 11.8 Å². The van der Waals surface area contributed by atoms with E-state index in [2.05, 4.69) is 10.6 Å². The van der Waals surface area contributed by atoms with Crippen molar-refractivity contribution in [2.75, 3.05) is 17.7 Å². The molecule has 2 unspecified atom stereocenters. The van der Waals surface area contributed by atoms with Crippen LogP contribution in [0, 0.1) is 11.8 Å². The number of ether oxygens (including phenoxy) is 1. The van der Waals surface area contributed by atoms with E-state index >= 15 is 0 Å². The first kappa shape index (κ1) is 18.8. The summed E-state index contributed by atoms with van der Waals surface area (Å²) in [5.41, 5.74) is 1.63. The molecular weight excluding hydrogens is 344 g/mol. The monoisotopic (exact) mass is 368 g/mol. The molecule has 0 bridgehead atoms. The SMILES string of the molecule is CNc1ccc(Oc2ccc(NC(=O)C3CCCCC3C(=O)O)cc2)cc1. The number of carboxylic acid groups (broad SMARTS) is 1. The van der Waals surface area contributed by atoms with Gasteiger partial charge in [-0.2, -0.15) is 0 Å². The molecule has 3 rings (SSSR count). The van der Waals surface area contributed by atoms with Gasteiger partial charge in [-0.3, -0.25) is 9.59 Å². The van der Waals surface area contributed by atoms with Crippen LogP contribution in [0.2, 0.25) is 0 Å². The summed E-state index contributed by atoms with van der Waals surface area (Å²) < 4.78 is 5.78. The van der Waals surface area contributed by atoms with Gasteiger partial charge in [-0.05, 0) is 61.4 Å². The Bertz CT molecular complexity index is 787. The van der Waals surface area contributed by atoms with Crippen molar-refractivity contribution in [3.8, 4) is 11.5 Å². The number of rotatable bonds is 6. The molecule has 1 fully saturated rings. The van der Waals surface area contributed by atoms with Gasteiger partial charge in [0.25, 0.3) is 0 Å². The molecule has 1 aliphatic rings. The second-order valence-electron chi connectivity index (χ2n) is 6.73. The summed E-state index contributed by atoms with van der Waals surface area (Å²) in [4.78, 5) is 23.9. The van der Waals surface area contributed by atoms with E-state index in [9.17, 15) is 14.7 Å². The van der Waals surface area contributed by atoms with Crippen LogP contribution in [0.3, 0.4) is 0 Å². The Hall–Kier alpha value is -3.02. The number of carbonyl (C=O) groups is 2. The summed E-state index contributed by atoms with van der Waals surface area (Å²) in [6, 6.07) is 14.7. The Labute approximate surface area is 158 Å². The van der Waals surface area contributed by atoms with Crippen LogP contribution in [-0.2, 0) is 9.59 Å². The Kier molecular flexibility index (Phi) is 5.96. The lowest BCUT2D eigenvalue weighted by Crippen LogP contribution is -2.36. The molecule has 1 aliphatic carbocycles. The summed E-state index contributed by atoms with van der Waals surface area (Å²) in [5.74, 6) is -0.801. The third kappa shape index (κ3) is 4.78. The molecule has 2 atom stereocenters. The van der Waals surface area contributed by atoms with Crippen molar-refractivity contribution in [2.45, 2.75) is 25.7 Å². The molecule has 27 heavy (non-hydrogen) atoms. The molecule has 0 saturated heterocycles. The van der Waals surface area contributed by atoms with Gasteiger partial charge in [0.05, 0.1) is 11.8 Å². The van der Waals surface area contributed by atoms with Gasteiger partial charge in [0.15, 0.2) is 0 Å². The third-order valence-corrected chi connectivity index (χ3v) is 4.92. The maximum atomic E-state index is 12.5. The number of hydrogen-bond acceptors (Lipinski definition) is 4. The van der Waals surface area contributed by atoms with E-state index in [0.717, 1.165) is 24.3 Å². The number of nitrogens with one attached hydrogen (secondary N) is 2. The molecule has 2 aromatic rings. The molecule has 1 amide bonds. The number of hydrogen-bond donors (Lipinski definition) is 3. The smallest absolute Gasteiger partial charge is 0.307 e. The summed E-state index contributed by atoms with van der Waals surface area (Å²) in [6.45, 7) is 0. The number of amides is 1. The molecule has 0 spiro atoms. The third-order valence-electron chi connectivity index (χ3n) is 4.92. The second kappa shape index (κ2) is 8.58. The first-order valence-corrected chi connectivity index (χ1v) is 9.16. The molecule has 0 heterocycles. The largest absolute Gasteiger partial charge is 0.481 e. The molecule has 2 aromatic carbocycles. The van der Waals surface area contributed by atoms with Crippen LogP contribution in [0.5, 0.6) is 11.5 Å².